The number of carbonyl (C=O) groups is 2. The first-order chi connectivity index (χ1) is 11.8. The quantitative estimate of drug-likeness (QED) is 0.783. The van der Waals surface area contributed by atoms with Gasteiger partial charge in [-0.3, -0.25) is 9.59 Å². The normalized spacial score (nSPS) is 12.1. The van der Waals surface area contributed by atoms with Gasteiger partial charge in [0, 0.05) is 26.7 Å². The summed E-state index contributed by atoms with van der Waals surface area (Å²) in [7, 11) is 4.92. The zero-order valence-electron chi connectivity index (χ0n) is 15.2. The molecule has 8 heteroatoms. The molecule has 134 valence electrons. The summed E-state index contributed by atoms with van der Waals surface area (Å²) in [6, 6.07) is 8.84. The van der Waals surface area contributed by atoms with E-state index in [0.717, 1.165) is 5.56 Å². The predicted octanol–water partition coefficient (Wildman–Crippen LogP) is 1.08. The summed E-state index contributed by atoms with van der Waals surface area (Å²) < 4.78 is 0. The van der Waals surface area contributed by atoms with Gasteiger partial charge in [-0.05, 0) is 11.1 Å². The molecule has 1 aromatic carbocycles. The lowest BCUT2D eigenvalue weighted by atomic mass is 10.0. The lowest BCUT2D eigenvalue weighted by molar-refractivity contribution is -0.141. The molecule has 1 aromatic heterocycles. The van der Waals surface area contributed by atoms with Crippen LogP contribution in [0.3, 0.4) is 0 Å². The molecule has 0 aliphatic rings. The fourth-order valence-electron chi connectivity index (χ4n) is 2.34. The number of hydrogen-bond donors (Lipinski definition) is 0. The van der Waals surface area contributed by atoms with E-state index in [1.165, 1.54) is 14.6 Å². The van der Waals surface area contributed by atoms with Crippen LogP contribution in [0.5, 0.6) is 0 Å². The first kappa shape index (κ1) is 18.6. The number of rotatable bonds is 6. The Bertz CT molecular complexity index is 726. The first-order valence-corrected chi connectivity index (χ1v) is 8.11. The van der Waals surface area contributed by atoms with Crippen LogP contribution in [0.2, 0.25) is 0 Å². The van der Waals surface area contributed by atoms with E-state index in [4.69, 9.17) is 0 Å². The van der Waals surface area contributed by atoms with Gasteiger partial charge >= 0.3 is 0 Å². The molecule has 0 aliphatic carbocycles. The summed E-state index contributed by atoms with van der Waals surface area (Å²) in [5.74, 6) is 0.0467. The van der Waals surface area contributed by atoms with Gasteiger partial charge in [-0.1, -0.05) is 44.2 Å². The Balaban J connectivity index is 2.22. The largest absolute Gasteiger partial charge is 0.347 e. The molecule has 2 rings (SSSR count). The van der Waals surface area contributed by atoms with Gasteiger partial charge in [0.25, 0.3) is 0 Å². The molecule has 0 N–H and O–H groups in total. The molecule has 0 saturated carbocycles. The van der Waals surface area contributed by atoms with Crippen molar-refractivity contribution >= 4 is 11.8 Å². The van der Waals surface area contributed by atoms with Gasteiger partial charge in [0.2, 0.25) is 17.6 Å². The van der Waals surface area contributed by atoms with Gasteiger partial charge in [0.15, 0.2) is 6.04 Å². The SMILES string of the molecule is CC(C)C(C(=O)N(C)CC(=O)N(C)C)n1nnc(-c2ccccc2)n1. The van der Waals surface area contributed by atoms with Gasteiger partial charge < -0.3 is 9.80 Å². The Morgan fingerprint density at radius 2 is 1.76 bits per heavy atom. The third kappa shape index (κ3) is 4.40. The van der Waals surface area contributed by atoms with E-state index < -0.39 is 6.04 Å². The number of tetrazole rings is 1. The summed E-state index contributed by atoms with van der Waals surface area (Å²) in [5, 5.41) is 12.5. The summed E-state index contributed by atoms with van der Waals surface area (Å²) in [6.45, 7) is 3.83. The Kier molecular flexibility index (Phi) is 5.84. The average molecular weight is 344 g/mol. The van der Waals surface area contributed by atoms with Crippen molar-refractivity contribution in [2.45, 2.75) is 19.9 Å². The number of likely N-dealkylation sites (N-methyl/N-ethyl adjacent to an activating group) is 2. The maximum Gasteiger partial charge on any atom is 0.249 e. The lowest BCUT2D eigenvalue weighted by Gasteiger charge is -2.25. The van der Waals surface area contributed by atoms with Crippen molar-refractivity contribution in [3.05, 3.63) is 30.3 Å². The number of benzene rings is 1. The smallest absolute Gasteiger partial charge is 0.249 e. The molecule has 8 nitrogen and oxygen atoms in total. The van der Waals surface area contributed by atoms with Gasteiger partial charge in [-0.2, -0.15) is 4.80 Å². The van der Waals surface area contributed by atoms with Crippen LogP contribution in [0.15, 0.2) is 30.3 Å². The van der Waals surface area contributed by atoms with Crippen LogP contribution in [0.25, 0.3) is 11.4 Å². The number of hydrogen-bond acceptors (Lipinski definition) is 5. The van der Waals surface area contributed by atoms with Gasteiger partial charge in [-0.15, -0.1) is 10.2 Å². The van der Waals surface area contributed by atoms with Gasteiger partial charge in [-0.25, -0.2) is 0 Å². The standard InChI is InChI=1S/C17H24N6O2/c1-12(2)15(17(25)22(5)11-14(24)21(3)4)23-19-16(18-20-23)13-9-7-6-8-10-13/h6-10,12,15H,11H2,1-5H3. The molecule has 25 heavy (non-hydrogen) atoms. The molecule has 1 atom stereocenters. The average Bonchev–Trinajstić information content (AvgIpc) is 3.04. The predicted molar refractivity (Wildman–Crippen MR) is 93.5 cm³/mol. The Labute approximate surface area is 147 Å². The molecule has 0 fully saturated rings. The van der Waals surface area contributed by atoms with E-state index >= 15 is 0 Å². The van der Waals surface area contributed by atoms with Crippen molar-refractivity contribution < 1.29 is 9.59 Å². The molecule has 1 unspecified atom stereocenters. The topological polar surface area (TPSA) is 84.2 Å². The monoisotopic (exact) mass is 344 g/mol. The summed E-state index contributed by atoms with van der Waals surface area (Å²) in [5.41, 5.74) is 0.833. The van der Waals surface area contributed by atoms with E-state index in [-0.39, 0.29) is 24.3 Å². The van der Waals surface area contributed by atoms with Crippen LogP contribution in [0.4, 0.5) is 0 Å². The van der Waals surface area contributed by atoms with Gasteiger partial charge in [0.1, 0.15) is 0 Å². The van der Waals surface area contributed by atoms with Crippen LogP contribution in [-0.4, -0.2) is 69.5 Å². The summed E-state index contributed by atoms with van der Waals surface area (Å²) in [6.07, 6.45) is 0. The lowest BCUT2D eigenvalue weighted by Crippen LogP contribution is -2.43. The minimum absolute atomic E-state index is 0.00922. The second-order valence-electron chi connectivity index (χ2n) is 6.47. The van der Waals surface area contributed by atoms with Crippen molar-refractivity contribution in [1.82, 2.24) is 30.0 Å². The van der Waals surface area contributed by atoms with Crippen LogP contribution < -0.4 is 0 Å². The Morgan fingerprint density at radius 3 is 2.32 bits per heavy atom. The maximum atomic E-state index is 12.8. The molecule has 0 radical (unpaired) electrons. The van der Waals surface area contributed by atoms with E-state index in [2.05, 4.69) is 15.4 Å². The molecule has 2 amide bonds. The Morgan fingerprint density at radius 1 is 1.12 bits per heavy atom. The molecule has 1 heterocycles. The van der Waals surface area contributed by atoms with Crippen molar-refractivity contribution in [2.24, 2.45) is 5.92 Å². The minimum atomic E-state index is -0.620. The van der Waals surface area contributed by atoms with Crippen LogP contribution >= 0.6 is 0 Å². The molecular formula is C17H24N6O2. The van der Waals surface area contributed by atoms with E-state index in [1.807, 2.05) is 44.2 Å². The van der Waals surface area contributed by atoms with Crippen molar-refractivity contribution in [2.75, 3.05) is 27.7 Å². The second-order valence-corrected chi connectivity index (χ2v) is 6.47. The highest BCUT2D eigenvalue weighted by Crippen LogP contribution is 2.20. The highest BCUT2D eigenvalue weighted by Gasteiger charge is 2.30. The number of carbonyl (C=O) groups excluding carboxylic acids is 2. The van der Waals surface area contributed by atoms with Crippen LogP contribution in [0.1, 0.15) is 19.9 Å². The van der Waals surface area contributed by atoms with E-state index in [0.29, 0.717) is 5.82 Å². The van der Waals surface area contributed by atoms with Crippen molar-refractivity contribution in [3.8, 4) is 11.4 Å². The molecule has 0 aliphatic heterocycles. The zero-order valence-corrected chi connectivity index (χ0v) is 15.2. The summed E-state index contributed by atoms with van der Waals surface area (Å²) in [4.78, 5) is 28.9. The van der Waals surface area contributed by atoms with Crippen molar-refractivity contribution in [3.63, 3.8) is 0 Å². The van der Waals surface area contributed by atoms with Crippen LogP contribution in [-0.2, 0) is 9.59 Å². The summed E-state index contributed by atoms with van der Waals surface area (Å²) >= 11 is 0. The second kappa shape index (κ2) is 7.87. The number of nitrogens with zero attached hydrogens (tertiary/aromatic N) is 6. The molecule has 0 spiro atoms. The third-order valence-electron chi connectivity index (χ3n) is 3.84. The molecule has 0 saturated heterocycles. The third-order valence-corrected chi connectivity index (χ3v) is 3.84. The fraction of sp³-hybridized carbons (Fsp3) is 0.471. The highest BCUT2D eigenvalue weighted by atomic mass is 16.2. The zero-order chi connectivity index (χ0) is 18.6. The maximum absolute atomic E-state index is 12.8. The molecular weight excluding hydrogens is 320 g/mol. The van der Waals surface area contributed by atoms with Crippen LogP contribution in [0, 0.1) is 5.92 Å². The molecule has 2 aromatic rings. The molecule has 0 bridgehead atoms. The van der Waals surface area contributed by atoms with Crippen molar-refractivity contribution in [1.29, 1.82) is 0 Å². The number of aromatic nitrogens is 4. The highest BCUT2D eigenvalue weighted by molar-refractivity contribution is 5.86. The minimum Gasteiger partial charge on any atom is -0.347 e. The Hall–Kier alpha value is -2.77. The van der Waals surface area contributed by atoms with E-state index in [9.17, 15) is 9.59 Å². The van der Waals surface area contributed by atoms with Gasteiger partial charge in [0.05, 0.1) is 6.54 Å². The van der Waals surface area contributed by atoms with E-state index in [1.54, 1.807) is 21.1 Å². The number of amides is 2. The fourth-order valence-corrected chi connectivity index (χ4v) is 2.34. The first-order valence-electron chi connectivity index (χ1n) is 8.11.